The van der Waals surface area contributed by atoms with Gasteiger partial charge in [0.1, 0.15) is 0 Å². The molecule has 2 atom stereocenters. The molecule has 100 valence electrons. The fourth-order valence-electron chi connectivity index (χ4n) is 1.86. The van der Waals surface area contributed by atoms with Crippen molar-refractivity contribution in [2.45, 2.75) is 37.8 Å². The first-order valence-corrected chi connectivity index (χ1v) is 6.69. The predicted molar refractivity (Wildman–Crippen MR) is 73.4 cm³/mol. The molecule has 0 saturated heterocycles. The third-order valence-corrected chi connectivity index (χ3v) is 3.30. The zero-order valence-electron chi connectivity index (χ0n) is 11.1. The highest BCUT2D eigenvalue weighted by molar-refractivity contribution is 5.81. The minimum absolute atomic E-state index is 0.0206. The Morgan fingerprint density at radius 1 is 1.42 bits per heavy atom. The van der Waals surface area contributed by atoms with Crippen molar-refractivity contribution in [2.75, 3.05) is 6.54 Å². The van der Waals surface area contributed by atoms with E-state index in [1.54, 1.807) is 0 Å². The predicted octanol–water partition coefficient (Wildman–Crippen LogP) is 1.55. The third kappa shape index (κ3) is 4.08. The number of nitrogens with one attached hydrogen (secondary N) is 2. The van der Waals surface area contributed by atoms with Crippen LogP contribution in [0, 0.1) is 11.3 Å². The van der Waals surface area contributed by atoms with E-state index in [1.165, 1.54) is 0 Å². The van der Waals surface area contributed by atoms with Crippen molar-refractivity contribution in [3.05, 3.63) is 35.9 Å². The fraction of sp³-hybridized carbons (Fsp3) is 0.467. The third-order valence-electron chi connectivity index (χ3n) is 3.30. The minimum atomic E-state index is -0.264. The summed E-state index contributed by atoms with van der Waals surface area (Å²) in [6.07, 6.45) is 2.17. The summed E-state index contributed by atoms with van der Waals surface area (Å²) in [4.78, 5) is 11.8. The van der Waals surface area contributed by atoms with Gasteiger partial charge < -0.3 is 10.6 Å². The summed E-state index contributed by atoms with van der Waals surface area (Å²) in [5, 5.41) is 15.3. The number of carbonyl (C=O) groups excluding carboxylic acids is 1. The van der Waals surface area contributed by atoms with Crippen LogP contribution in [0.3, 0.4) is 0 Å². The minimum Gasteiger partial charge on any atom is -0.352 e. The summed E-state index contributed by atoms with van der Waals surface area (Å²) in [6, 6.07) is 12.0. The summed E-state index contributed by atoms with van der Waals surface area (Å²) in [5.41, 5.74) is 0.979. The van der Waals surface area contributed by atoms with Crippen molar-refractivity contribution in [2.24, 2.45) is 0 Å². The molecule has 19 heavy (non-hydrogen) atoms. The molecule has 0 spiro atoms. The van der Waals surface area contributed by atoms with Crippen LogP contribution in [0.2, 0.25) is 0 Å². The van der Waals surface area contributed by atoms with Gasteiger partial charge in [0.15, 0.2) is 0 Å². The normalized spacial score (nSPS) is 17.3. The first-order chi connectivity index (χ1) is 9.20. The van der Waals surface area contributed by atoms with Gasteiger partial charge in [-0.2, -0.15) is 5.26 Å². The molecule has 1 amide bonds. The molecule has 1 fully saturated rings. The van der Waals surface area contributed by atoms with E-state index < -0.39 is 0 Å². The molecule has 0 aromatic heterocycles. The Hall–Kier alpha value is -1.86. The lowest BCUT2D eigenvalue weighted by atomic mass is 10.0. The highest BCUT2D eigenvalue weighted by atomic mass is 16.2. The smallest absolute Gasteiger partial charge is 0.237 e. The number of nitriles is 1. The van der Waals surface area contributed by atoms with Crippen molar-refractivity contribution in [1.29, 1.82) is 5.26 Å². The van der Waals surface area contributed by atoms with E-state index in [4.69, 9.17) is 0 Å². The first kappa shape index (κ1) is 13.6. The summed E-state index contributed by atoms with van der Waals surface area (Å²) >= 11 is 0. The van der Waals surface area contributed by atoms with Crippen molar-refractivity contribution < 1.29 is 4.79 Å². The van der Waals surface area contributed by atoms with Crippen molar-refractivity contribution >= 4 is 5.91 Å². The molecule has 4 nitrogen and oxygen atoms in total. The number of carbonyl (C=O) groups is 1. The monoisotopic (exact) mass is 257 g/mol. The molecule has 1 aromatic carbocycles. The molecule has 4 heteroatoms. The van der Waals surface area contributed by atoms with E-state index in [0.29, 0.717) is 12.6 Å². The van der Waals surface area contributed by atoms with Crippen LogP contribution in [-0.2, 0) is 4.79 Å². The number of benzene rings is 1. The molecule has 0 aliphatic heterocycles. The highest BCUT2D eigenvalue weighted by Crippen LogP contribution is 2.18. The lowest BCUT2D eigenvalue weighted by Crippen LogP contribution is -2.44. The maximum Gasteiger partial charge on any atom is 0.237 e. The molecule has 0 radical (unpaired) electrons. The second kappa shape index (κ2) is 6.35. The molecule has 1 aliphatic carbocycles. The molecule has 1 aliphatic rings. The molecule has 2 rings (SSSR count). The maximum absolute atomic E-state index is 11.8. The van der Waals surface area contributed by atoms with Crippen molar-refractivity contribution in [1.82, 2.24) is 10.6 Å². The van der Waals surface area contributed by atoms with Gasteiger partial charge >= 0.3 is 0 Å². The van der Waals surface area contributed by atoms with Gasteiger partial charge in [-0.05, 0) is 25.3 Å². The Labute approximate surface area is 113 Å². The fourth-order valence-corrected chi connectivity index (χ4v) is 1.86. The van der Waals surface area contributed by atoms with E-state index in [0.717, 1.165) is 18.4 Å². The average molecular weight is 257 g/mol. The number of rotatable bonds is 6. The zero-order valence-corrected chi connectivity index (χ0v) is 11.1. The Bertz CT molecular complexity index is 462. The largest absolute Gasteiger partial charge is 0.352 e. The highest BCUT2D eigenvalue weighted by Gasteiger charge is 2.25. The molecule has 1 saturated carbocycles. The molecule has 0 heterocycles. The first-order valence-electron chi connectivity index (χ1n) is 6.69. The van der Waals surface area contributed by atoms with Crippen LogP contribution >= 0.6 is 0 Å². The maximum atomic E-state index is 11.8. The van der Waals surface area contributed by atoms with Gasteiger partial charge in [0.25, 0.3) is 0 Å². The number of amides is 1. The van der Waals surface area contributed by atoms with Crippen LogP contribution in [0.4, 0.5) is 0 Å². The molecule has 2 unspecified atom stereocenters. The number of hydrogen-bond donors (Lipinski definition) is 2. The van der Waals surface area contributed by atoms with Gasteiger partial charge in [-0.1, -0.05) is 30.3 Å². The van der Waals surface area contributed by atoms with E-state index in [1.807, 2.05) is 37.3 Å². The Morgan fingerprint density at radius 2 is 2.11 bits per heavy atom. The van der Waals surface area contributed by atoms with Crippen LogP contribution < -0.4 is 10.6 Å². The molecular formula is C15H19N3O. The summed E-state index contributed by atoms with van der Waals surface area (Å²) in [7, 11) is 0. The molecule has 1 aromatic rings. The van der Waals surface area contributed by atoms with Crippen LogP contribution in [0.25, 0.3) is 0 Å². The number of hydrogen-bond acceptors (Lipinski definition) is 3. The SMILES string of the molecule is CC(NCC(C#N)c1ccccc1)C(=O)NC1CC1. The van der Waals surface area contributed by atoms with Gasteiger partial charge in [0.05, 0.1) is 18.0 Å². The van der Waals surface area contributed by atoms with Gasteiger partial charge in [0.2, 0.25) is 5.91 Å². The van der Waals surface area contributed by atoms with Gasteiger partial charge in [-0.25, -0.2) is 0 Å². The number of nitrogens with zero attached hydrogens (tertiary/aromatic N) is 1. The lowest BCUT2D eigenvalue weighted by molar-refractivity contribution is -0.122. The van der Waals surface area contributed by atoms with Crippen LogP contribution in [-0.4, -0.2) is 24.5 Å². The Morgan fingerprint density at radius 3 is 2.68 bits per heavy atom. The Balaban J connectivity index is 1.82. The van der Waals surface area contributed by atoms with Crippen LogP contribution in [0.15, 0.2) is 30.3 Å². The summed E-state index contributed by atoms with van der Waals surface area (Å²) < 4.78 is 0. The quantitative estimate of drug-likeness (QED) is 0.812. The summed E-state index contributed by atoms with van der Waals surface area (Å²) in [6.45, 7) is 2.32. The topological polar surface area (TPSA) is 64.9 Å². The zero-order chi connectivity index (χ0) is 13.7. The Kier molecular flexibility index (Phi) is 4.53. The van der Waals surface area contributed by atoms with Crippen LogP contribution in [0.5, 0.6) is 0 Å². The standard InChI is InChI=1S/C15H19N3O/c1-11(15(19)18-14-7-8-14)17-10-13(9-16)12-5-3-2-4-6-12/h2-6,11,13-14,17H,7-8,10H2,1H3,(H,18,19). The van der Waals surface area contributed by atoms with E-state index in [2.05, 4.69) is 16.7 Å². The van der Waals surface area contributed by atoms with Gasteiger partial charge in [-0.15, -0.1) is 0 Å². The van der Waals surface area contributed by atoms with Gasteiger partial charge in [-0.3, -0.25) is 4.79 Å². The molecular weight excluding hydrogens is 238 g/mol. The lowest BCUT2D eigenvalue weighted by Gasteiger charge is -2.16. The van der Waals surface area contributed by atoms with Crippen molar-refractivity contribution in [3.8, 4) is 6.07 Å². The average Bonchev–Trinajstić information content (AvgIpc) is 3.24. The van der Waals surface area contributed by atoms with E-state index in [-0.39, 0.29) is 17.9 Å². The second-order valence-electron chi connectivity index (χ2n) is 5.01. The van der Waals surface area contributed by atoms with E-state index in [9.17, 15) is 10.1 Å². The van der Waals surface area contributed by atoms with Gasteiger partial charge in [0, 0.05) is 12.6 Å². The van der Waals surface area contributed by atoms with Crippen LogP contribution in [0.1, 0.15) is 31.2 Å². The second-order valence-corrected chi connectivity index (χ2v) is 5.01. The summed E-state index contributed by atoms with van der Waals surface area (Å²) in [5.74, 6) is -0.204. The van der Waals surface area contributed by atoms with E-state index >= 15 is 0 Å². The van der Waals surface area contributed by atoms with Crippen molar-refractivity contribution in [3.63, 3.8) is 0 Å². The molecule has 0 bridgehead atoms. The molecule has 2 N–H and O–H groups in total.